The van der Waals surface area contributed by atoms with Crippen LogP contribution in [0.25, 0.3) is 0 Å². The van der Waals surface area contributed by atoms with Crippen molar-refractivity contribution in [2.45, 2.75) is 31.9 Å². The summed E-state index contributed by atoms with van der Waals surface area (Å²) >= 11 is 6.12. The molecule has 0 spiro atoms. The number of benzene rings is 1. The van der Waals surface area contributed by atoms with Crippen molar-refractivity contribution in [2.75, 3.05) is 26.2 Å². The van der Waals surface area contributed by atoms with Gasteiger partial charge >= 0.3 is 5.97 Å². The first-order valence-electron chi connectivity index (χ1n) is 8.00. The summed E-state index contributed by atoms with van der Waals surface area (Å²) in [4.78, 5) is 28.2. The summed E-state index contributed by atoms with van der Waals surface area (Å²) in [7, 11) is 0. The molecule has 6 heteroatoms. The van der Waals surface area contributed by atoms with E-state index in [1.54, 1.807) is 6.07 Å². The molecule has 0 bridgehead atoms. The molecular formula is C17H21ClN2O3. The summed E-state index contributed by atoms with van der Waals surface area (Å²) in [6, 6.07) is 7.28. The molecule has 2 atom stereocenters. The average molecular weight is 337 g/mol. The standard InChI is InChI=1S/C17H21ClN2O3/c1-12-10-15(17(22)23-12)19-6-8-20(9-7-19)16(21)11-13-4-2-3-5-14(13)18/h2-5,12,15H,6-11H2,1H3/t12-,15+/m1/s1. The summed E-state index contributed by atoms with van der Waals surface area (Å²) in [6.07, 6.45) is 1.06. The second-order valence-corrected chi connectivity index (χ2v) is 6.59. The van der Waals surface area contributed by atoms with E-state index in [9.17, 15) is 9.59 Å². The highest BCUT2D eigenvalue weighted by Gasteiger charge is 2.38. The minimum Gasteiger partial charge on any atom is -0.461 e. The van der Waals surface area contributed by atoms with Crippen LogP contribution in [0.5, 0.6) is 0 Å². The molecule has 1 aromatic carbocycles. The Balaban J connectivity index is 1.54. The maximum Gasteiger partial charge on any atom is 0.323 e. The SMILES string of the molecule is C[C@@H]1C[C@H](N2CCN(C(=O)Cc3ccccc3Cl)CC2)C(=O)O1. The Bertz CT molecular complexity index is 599. The summed E-state index contributed by atoms with van der Waals surface area (Å²) < 4.78 is 5.22. The number of hydrogen-bond donors (Lipinski definition) is 0. The molecule has 0 unspecified atom stereocenters. The molecule has 2 aliphatic rings. The quantitative estimate of drug-likeness (QED) is 0.789. The molecule has 0 radical (unpaired) electrons. The Morgan fingerprint density at radius 1 is 1.26 bits per heavy atom. The van der Waals surface area contributed by atoms with Crippen LogP contribution in [0.15, 0.2) is 24.3 Å². The van der Waals surface area contributed by atoms with Gasteiger partial charge in [0.25, 0.3) is 0 Å². The average Bonchev–Trinajstić information content (AvgIpc) is 2.88. The molecule has 0 N–H and O–H groups in total. The molecule has 2 aliphatic heterocycles. The van der Waals surface area contributed by atoms with Crippen molar-refractivity contribution in [1.82, 2.24) is 9.80 Å². The van der Waals surface area contributed by atoms with Crippen LogP contribution in [-0.2, 0) is 20.7 Å². The molecule has 23 heavy (non-hydrogen) atoms. The third-order valence-corrected chi connectivity index (χ3v) is 4.92. The molecule has 3 rings (SSSR count). The van der Waals surface area contributed by atoms with Crippen LogP contribution in [0.4, 0.5) is 0 Å². The molecular weight excluding hydrogens is 316 g/mol. The first kappa shape index (κ1) is 16.3. The molecule has 0 saturated carbocycles. The van der Waals surface area contributed by atoms with Gasteiger partial charge in [-0.25, -0.2) is 0 Å². The van der Waals surface area contributed by atoms with E-state index in [4.69, 9.17) is 16.3 Å². The van der Waals surface area contributed by atoms with Gasteiger partial charge in [0.2, 0.25) is 5.91 Å². The number of carbonyl (C=O) groups excluding carboxylic acids is 2. The lowest BCUT2D eigenvalue weighted by atomic mass is 10.1. The minimum absolute atomic E-state index is 0.00705. The third kappa shape index (κ3) is 3.67. The highest BCUT2D eigenvalue weighted by Crippen LogP contribution is 2.22. The highest BCUT2D eigenvalue weighted by atomic mass is 35.5. The number of amides is 1. The van der Waals surface area contributed by atoms with Gasteiger partial charge in [-0.15, -0.1) is 0 Å². The van der Waals surface area contributed by atoms with E-state index in [2.05, 4.69) is 4.90 Å². The van der Waals surface area contributed by atoms with Gasteiger partial charge in [0.05, 0.1) is 6.42 Å². The lowest BCUT2D eigenvalue weighted by Gasteiger charge is -2.36. The fourth-order valence-electron chi connectivity index (χ4n) is 3.23. The van der Waals surface area contributed by atoms with E-state index in [-0.39, 0.29) is 24.0 Å². The number of ether oxygens (including phenoxy) is 1. The van der Waals surface area contributed by atoms with Crippen molar-refractivity contribution < 1.29 is 14.3 Å². The summed E-state index contributed by atoms with van der Waals surface area (Å²) in [5, 5.41) is 0.627. The van der Waals surface area contributed by atoms with Gasteiger partial charge in [0.15, 0.2) is 0 Å². The van der Waals surface area contributed by atoms with Crippen LogP contribution in [0, 0.1) is 0 Å². The zero-order chi connectivity index (χ0) is 16.4. The molecule has 0 aliphatic carbocycles. The molecule has 2 heterocycles. The van der Waals surface area contributed by atoms with Crippen LogP contribution in [-0.4, -0.2) is 60.0 Å². The number of piperazine rings is 1. The van der Waals surface area contributed by atoms with Crippen LogP contribution >= 0.6 is 11.6 Å². The number of hydrogen-bond acceptors (Lipinski definition) is 4. The van der Waals surface area contributed by atoms with Gasteiger partial charge in [-0.05, 0) is 18.6 Å². The molecule has 2 saturated heterocycles. The minimum atomic E-state index is -0.147. The zero-order valence-electron chi connectivity index (χ0n) is 13.2. The van der Waals surface area contributed by atoms with Gasteiger partial charge < -0.3 is 9.64 Å². The number of halogens is 1. The fraction of sp³-hybridized carbons (Fsp3) is 0.529. The lowest BCUT2D eigenvalue weighted by Crippen LogP contribution is -2.53. The second kappa shape index (κ2) is 6.89. The van der Waals surface area contributed by atoms with E-state index in [0.29, 0.717) is 37.6 Å². The predicted molar refractivity (Wildman–Crippen MR) is 87.3 cm³/mol. The number of esters is 1. The monoisotopic (exact) mass is 336 g/mol. The Hall–Kier alpha value is -1.59. The summed E-state index contributed by atoms with van der Waals surface area (Å²) in [5.74, 6) is -0.0477. The number of rotatable bonds is 3. The number of nitrogens with zero attached hydrogens (tertiary/aromatic N) is 2. The molecule has 1 aromatic rings. The van der Waals surface area contributed by atoms with Crippen LogP contribution < -0.4 is 0 Å². The molecule has 5 nitrogen and oxygen atoms in total. The zero-order valence-corrected chi connectivity index (χ0v) is 14.0. The van der Waals surface area contributed by atoms with E-state index in [0.717, 1.165) is 12.0 Å². The Morgan fingerprint density at radius 2 is 1.96 bits per heavy atom. The Kier molecular flexibility index (Phi) is 4.87. The van der Waals surface area contributed by atoms with Gasteiger partial charge in [-0.3, -0.25) is 14.5 Å². The fourth-order valence-corrected chi connectivity index (χ4v) is 3.44. The van der Waals surface area contributed by atoms with Crippen molar-refractivity contribution in [2.24, 2.45) is 0 Å². The largest absolute Gasteiger partial charge is 0.461 e. The maximum absolute atomic E-state index is 12.4. The first-order valence-corrected chi connectivity index (χ1v) is 8.38. The summed E-state index contributed by atoms with van der Waals surface area (Å²) in [5.41, 5.74) is 0.856. The van der Waals surface area contributed by atoms with E-state index >= 15 is 0 Å². The van der Waals surface area contributed by atoms with E-state index in [1.165, 1.54) is 0 Å². The van der Waals surface area contributed by atoms with Crippen LogP contribution in [0.2, 0.25) is 5.02 Å². The molecule has 124 valence electrons. The van der Waals surface area contributed by atoms with E-state index in [1.807, 2.05) is 30.0 Å². The first-order chi connectivity index (χ1) is 11.0. The maximum atomic E-state index is 12.4. The molecule has 1 amide bonds. The topological polar surface area (TPSA) is 49.9 Å². The second-order valence-electron chi connectivity index (χ2n) is 6.18. The van der Waals surface area contributed by atoms with Gasteiger partial charge in [-0.2, -0.15) is 0 Å². The Morgan fingerprint density at radius 3 is 2.57 bits per heavy atom. The van der Waals surface area contributed by atoms with Crippen LogP contribution in [0.3, 0.4) is 0 Å². The smallest absolute Gasteiger partial charge is 0.323 e. The van der Waals surface area contributed by atoms with Crippen molar-refractivity contribution in [1.29, 1.82) is 0 Å². The normalized spacial score (nSPS) is 25.5. The van der Waals surface area contributed by atoms with Gasteiger partial charge in [-0.1, -0.05) is 29.8 Å². The number of carbonyl (C=O) groups is 2. The van der Waals surface area contributed by atoms with Crippen LogP contribution in [0.1, 0.15) is 18.9 Å². The summed E-state index contributed by atoms with van der Waals surface area (Å²) in [6.45, 7) is 4.62. The van der Waals surface area contributed by atoms with Crippen molar-refractivity contribution in [3.05, 3.63) is 34.9 Å². The highest BCUT2D eigenvalue weighted by molar-refractivity contribution is 6.31. The molecule has 0 aromatic heterocycles. The van der Waals surface area contributed by atoms with Crippen molar-refractivity contribution in [3.63, 3.8) is 0 Å². The third-order valence-electron chi connectivity index (χ3n) is 4.55. The van der Waals surface area contributed by atoms with Crippen molar-refractivity contribution >= 4 is 23.5 Å². The van der Waals surface area contributed by atoms with Gasteiger partial charge in [0, 0.05) is 37.6 Å². The van der Waals surface area contributed by atoms with E-state index < -0.39 is 0 Å². The lowest BCUT2D eigenvalue weighted by molar-refractivity contribution is -0.145. The Labute approximate surface area is 141 Å². The number of cyclic esters (lactones) is 1. The molecule has 2 fully saturated rings. The van der Waals surface area contributed by atoms with Crippen molar-refractivity contribution in [3.8, 4) is 0 Å². The van der Waals surface area contributed by atoms with Gasteiger partial charge in [0.1, 0.15) is 12.1 Å². The predicted octanol–water partition coefficient (Wildman–Crippen LogP) is 1.73.